The first-order chi connectivity index (χ1) is 12.0. The van der Waals surface area contributed by atoms with Gasteiger partial charge in [0.2, 0.25) is 0 Å². The van der Waals surface area contributed by atoms with Gasteiger partial charge in [0.05, 0.1) is 22.3 Å². The maximum Gasteiger partial charge on any atom is 0.335 e. The molecule has 26 heavy (non-hydrogen) atoms. The van der Waals surface area contributed by atoms with Crippen molar-refractivity contribution in [2.75, 3.05) is 0 Å². The van der Waals surface area contributed by atoms with Crippen molar-refractivity contribution in [1.29, 1.82) is 0 Å². The Hall–Kier alpha value is -4.08. The Labute approximate surface area is 144 Å². The minimum absolute atomic E-state index is 0.252. The van der Waals surface area contributed by atoms with Crippen molar-refractivity contribution in [3.05, 3.63) is 58.7 Å². The summed E-state index contributed by atoms with van der Waals surface area (Å²) in [4.78, 5) is 41.7. The second-order valence-corrected chi connectivity index (χ2v) is 4.76. The van der Waals surface area contributed by atoms with E-state index < -0.39 is 23.9 Å². The fraction of sp³-hybridized carbons (Fsp3) is 0. The number of phenols is 2. The Morgan fingerprint density at radius 2 is 0.654 bits per heavy atom. The van der Waals surface area contributed by atoms with E-state index >= 15 is 0 Å². The first-order valence-corrected chi connectivity index (χ1v) is 6.62. The Morgan fingerprint density at radius 1 is 0.462 bits per heavy atom. The van der Waals surface area contributed by atoms with E-state index in [-0.39, 0.29) is 33.8 Å². The lowest BCUT2D eigenvalue weighted by atomic mass is 10.1. The van der Waals surface area contributed by atoms with Gasteiger partial charge in [-0.2, -0.15) is 0 Å². The van der Waals surface area contributed by atoms with Crippen LogP contribution in [0.3, 0.4) is 0 Å². The van der Waals surface area contributed by atoms with E-state index in [2.05, 4.69) is 0 Å². The van der Waals surface area contributed by atoms with Crippen LogP contribution in [0.4, 0.5) is 0 Å². The molecular formula is C16H12O10. The Morgan fingerprint density at radius 3 is 0.808 bits per heavy atom. The van der Waals surface area contributed by atoms with E-state index in [1.54, 1.807) is 0 Å². The highest BCUT2D eigenvalue weighted by atomic mass is 16.4. The molecule has 0 saturated carbocycles. The van der Waals surface area contributed by atoms with Crippen LogP contribution in [-0.4, -0.2) is 54.5 Å². The topological polar surface area (TPSA) is 190 Å². The average molecular weight is 364 g/mol. The van der Waals surface area contributed by atoms with E-state index in [9.17, 15) is 19.2 Å². The van der Waals surface area contributed by atoms with Crippen LogP contribution in [0.15, 0.2) is 36.4 Å². The molecule has 0 aliphatic rings. The lowest BCUT2D eigenvalue weighted by Crippen LogP contribution is -2.01. The molecule has 6 N–H and O–H groups in total. The summed E-state index contributed by atoms with van der Waals surface area (Å²) < 4.78 is 0. The lowest BCUT2D eigenvalue weighted by molar-refractivity contribution is 0.0675. The van der Waals surface area contributed by atoms with Gasteiger partial charge < -0.3 is 30.6 Å². The van der Waals surface area contributed by atoms with Crippen molar-refractivity contribution >= 4 is 23.9 Å². The molecule has 0 amide bonds. The number of hydrogen-bond acceptors (Lipinski definition) is 6. The Kier molecular flexibility index (Phi) is 6.26. The molecule has 0 aromatic heterocycles. The van der Waals surface area contributed by atoms with Crippen LogP contribution in [0.2, 0.25) is 0 Å². The average Bonchev–Trinajstić information content (AvgIpc) is 2.54. The van der Waals surface area contributed by atoms with Gasteiger partial charge in [-0.3, -0.25) is 0 Å². The number of hydrogen-bond donors (Lipinski definition) is 6. The normalized spacial score (nSPS) is 9.54. The summed E-state index contributed by atoms with van der Waals surface area (Å²) in [5, 5.41) is 52.0. The molecule has 0 saturated heterocycles. The zero-order valence-electron chi connectivity index (χ0n) is 12.8. The van der Waals surface area contributed by atoms with Gasteiger partial charge in [-0.25, -0.2) is 19.2 Å². The van der Waals surface area contributed by atoms with Crippen molar-refractivity contribution < 1.29 is 49.8 Å². The van der Waals surface area contributed by atoms with Crippen LogP contribution < -0.4 is 0 Å². The fourth-order valence-electron chi connectivity index (χ4n) is 1.72. The van der Waals surface area contributed by atoms with Crippen LogP contribution in [0.25, 0.3) is 0 Å². The maximum absolute atomic E-state index is 10.4. The second-order valence-electron chi connectivity index (χ2n) is 4.76. The number of carboxylic acids is 4. The first-order valence-electron chi connectivity index (χ1n) is 6.62. The fourth-order valence-corrected chi connectivity index (χ4v) is 1.72. The molecule has 0 heterocycles. The van der Waals surface area contributed by atoms with Crippen LogP contribution in [0, 0.1) is 0 Å². The number of aromatic carboxylic acids is 4. The number of carbonyl (C=O) groups is 4. The molecule has 2 aromatic rings. The van der Waals surface area contributed by atoms with Gasteiger partial charge in [0.1, 0.15) is 11.5 Å². The van der Waals surface area contributed by atoms with Crippen molar-refractivity contribution in [2.45, 2.75) is 0 Å². The Bertz CT molecular complexity index is 747. The smallest absolute Gasteiger partial charge is 0.335 e. The number of aromatic hydroxyl groups is 2. The first kappa shape index (κ1) is 20.0. The standard InChI is InChI=1S/2C8H6O5/c2*9-6-2-4(7(10)11)1-5(3-6)8(12)13/h2*1-3,9H,(H,10,11)(H,12,13). The number of benzene rings is 2. The minimum Gasteiger partial charge on any atom is -0.508 e. The molecule has 0 atom stereocenters. The summed E-state index contributed by atoms with van der Waals surface area (Å²) in [6.07, 6.45) is 0. The molecule has 0 spiro atoms. The third-order valence-corrected chi connectivity index (χ3v) is 2.82. The predicted molar refractivity (Wildman–Crippen MR) is 84.1 cm³/mol. The molecule has 2 rings (SSSR count). The van der Waals surface area contributed by atoms with E-state index in [1.165, 1.54) is 0 Å². The summed E-state index contributed by atoms with van der Waals surface area (Å²) in [6, 6.07) is 5.88. The molecule has 136 valence electrons. The van der Waals surface area contributed by atoms with Crippen molar-refractivity contribution in [3.8, 4) is 11.5 Å². The maximum atomic E-state index is 10.4. The monoisotopic (exact) mass is 364 g/mol. The van der Waals surface area contributed by atoms with Gasteiger partial charge in [0.25, 0.3) is 0 Å². The Balaban J connectivity index is 0.000000260. The van der Waals surface area contributed by atoms with Gasteiger partial charge >= 0.3 is 23.9 Å². The number of carboxylic acid groups (broad SMARTS) is 4. The molecule has 0 aliphatic carbocycles. The number of phenolic OH excluding ortho intramolecular Hbond substituents is 2. The summed E-state index contributed by atoms with van der Waals surface area (Å²) in [5.41, 5.74) is -1.01. The van der Waals surface area contributed by atoms with Crippen molar-refractivity contribution in [1.82, 2.24) is 0 Å². The van der Waals surface area contributed by atoms with Gasteiger partial charge in [-0.15, -0.1) is 0 Å². The third kappa shape index (κ3) is 5.53. The van der Waals surface area contributed by atoms with E-state index in [4.69, 9.17) is 30.6 Å². The minimum atomic E-state index is -1.28. The summed E-state index contributed by atoms with van der Waals surface area (Å²) in [5.74, 6) is -5.87. The van der Waals surface area contributed by atoms with E-state index in [0.29, 0.717) is 0 Å². The highest BCUT2D eigenvalue weighted by Gasteiger charge is 2.11. The van der Waals surface area contributed by atoms with E-state index in [0.717, 1.165) is 36.4 Å². The molecule has 0 aliphatic heterocycles. The van der Waals surface area contributed by atoms with Crippen LogP contribution >= 0.6 is 0 Å². The van der Waals surface area contributed by atoms with Gasteiger partial charge in [0, 0.05) is 0 Å². The van der Waals surface area contributed by atoms with Gasteiger partial charge in [-0.1, -0.05) is 0 Å². The summed E-state index contributed by atoms with van der Waals surface area (Å²) in [7, 11) is 0. The van der Waals surface area contributed by atoms with Crippen LogP contribution in [-0.2, 0) is 0 Å². The molecular weight excluding hydrogens is 352 g/mol. The second kappa shape index (κ2) is 8.15. The lowest BCUT2D eigenvalue weighted by Gasteiger charge is -1.98. The van der Waals surface area contributed by atoms with E-state index in [1.807, 2.05) is 0 Å². The summed E-state index contributed by atoms with van der Waals surface area (Å²) >= 11 is 0. The summed E-state index contributed by atoms with van der Waals surface area (Å²) in [6.45, 7) is 0. The van der Waals surface area contributed by atoms with Crippen molar-refractivity contribution in [3.63, 3.8) is 0 Å². The van der Waals surface area contributed by atoms with Crippen LogP contribution in [0.1, 0.15) is 41.4 Å². The highest BCUT2D eigenvalue weighted by Crippen LogP contribution is 2.16. The quantitative estimate of drug-likeness (QED) is 0.464. The zero-order valence-corrected chi connectivity index (χ0v) is 12.8. The third-order valence-electron chi connectivity index (χ3n) is 2.82. The van der Waals surface area contributed by atoms with Crippen molar-refractivity contribution in [2.24, 2.45) is 0 Å². The molecule has 0 bridgehead atoms. The largest absolute Gasteiger partial charge is 0.508 e. The van der Waals surface area contributed by atoms with Gasteiger partial charge in [0.15, 0.2) is 0 Å². The molecule has 0 radical (unpaired) electrons. The molecule has 0 unspecified atom stereocenters. The molecule has 10 heteroatoms. The predicted octanol–water partition coefficient (Wildman–Crippen LogP) is 1.58. The number of rotatable bonds is 4. The molecule has 10 nitrogen and oxygen atoms in total. The highest BCUT2D eigenvalue weighted by molar-refractivity contribution is 5.95. The molecule has 0 fully saturated rings. The van der Waals surface area contributed by atoms with Crippen LogP contribution in [0.5, 0.6) is 11.5 Å². The van der Waals surface area contributed by atoms with Gasteiger partial charge in [-0.05, 0) is 36.4 Å². The molecule has 2 aromatic carbocycles. The zero-order chi connectivity index (χ0) is 20.0. The SMILES string of the molecule is O=C(O)c1cc(O)cc(C(=O)O)c1.O=C(O)c1cc(O)cc(C(=O)O)c1.